The van der Waals surface area contributed by atoms with E-state index in [1.165, 1.54) is 0 Å². The van der Waals surface area contributed by atoms with E-state index >= 15 is 0 Å². The minimum absolute atomic E-state index is 0.377. The minimum atomic E-state index is 0.377. The highest BCUT2D eigenvalue weighted by molar-refractivity contribution is 9.10. The van der Waals surface area contributed by atoms with Crippen LogP contribution in [-0.2, 0) is 6.61 Å². The van der Waals surface area contributed by atoms with Crippen molar-refractivity contribution in [2.24, 2.45) is 0 Å². The SMILES string of the molecule is COc1ccc(COc2ccc(Br)nc2)cc1C#N. The third-order valence-electron chi connectivity index (χ3n) is 2.49. The van der Waals surface area contributed by atoms with Gasteiger partial charge in [0.1, 0.15) is 28.8 Å². The first kappa shape index (κ1) is 13.4. The number of ether oxygens (including phenoxy) is 2. The minimum Gasteiger partial charge on any atom is -0.495 e. The maximum absolute atomic E-state index is 9.00. The van der Waals surface area contributed by atoms with Crippen molar-refractivity contribution < 1.29 is 9.47 Å². The van der Waals surface area contributed by atoms with Gasteiger partial charge in [0.15, 0.2) is 0 Å². The van der Waals surface area contributed by atoms with Crippen LogP contribution in [0.2, 0.25) is 0 Å². The van der Waals surface area contributed by atoms with Crippen LogP contribution in [0.3, 0.4) is 0 Å². The summed E-state index contributed by atoms with van der Waals surface area (Å²) >= 11 is 3.26. The van der Waals surface area contributed by atoms with Crippen molar-refractivity contribution in [3.63, 3.8) is 0 Å². The number of aromatic nitrogens is 1. The molecule has 2 aromatic rings. The molecule has 1 heterocycles. The Labute approximate surface area is 119 Å². The number of nitrogens with zero attached hydrogens (tertiary/aromatic N) is 2. The summed E-state index contributed by atoms with van der Waals surface area (Å²) in [6.07, 6.45) is 1.64. The Balaban J connectivity index is 2.08. The summed E-state index contributed by atoms with van der Waals surface area (Å²) < 4.78 is 11.4. The zero-order chi connectivity index (χ0) is 13.7. The molecule has 1 aromatic carbocycles. The molecule has 0 aliphatic rings. The first-order valence-corrected chi connectivity index (χ1v) is 6.33. The normalized spacial score (nSPS) is 9.74. The van der Waals surface area contributed by atoms with Crippen molar-refractivity contribution in [3.8, 4) is 17.6 Å². The van der Waals surface area contributed by atoms with Crippen LogP contribution < -0.4 is 9.47 Å². The number of pyridine rings is 1. The van der Waals surface area contributed by atoms with Crippen molar-refractivity contribution in [1.29, 1.82) is 5.26 Å². The number of nitriles is 1. The van der Waals surface area contributed by atoms with E-state index in [9.17, 15) is 0 Å². The molecule has 96 valence electrons. The van der Waals surface area contributed by atoms with Crippen LogP contribution in [0.15, 0.2) is 41.1 Å². The van der Waals surface area contributed by atoms with Gasteiger partial charge in [-0.2, -0.15) is 5.26 Å². The van der Waals surface area contributed by atoms with Crippen LogP contribution in [0, 0.1) is 11.3 Å². The first-order valence-electron chi connectivity index (χ1n) is 5.54. The zero-order valence-electron chi connectivity index (χ0n) is 10.3. The fourth-order valence-corrected chi connectivity index (χ4v) is 1.78. The molecule has 0 saturated heterocycles. The Morgan fingerprint density at radius 3 is 2.79 bits per heavy atom. The molecular formula is C14H11BrN2O2. The van der Waals surface area contributed by atoms with Gasteiger partial charge in [-0.25, -0.2) is 4.98 Å². The van der Waals surface area contributed by atoms with E-state index in [1.807, 2.05) is 18.2 Å². The average Bonchev–Trinajstić information content (AvgIpc) is 2.46. The van der Waals surface area contributed by atoms with Crippen molar-refractivity contribution in [3.05, 3.63) is 52.3 Å². The van der Waals surface area contributed by atoms with Crippen LogP contribution in [0.5, 0.6) is 11.5 Å². The molecule has 0 amide bonds. The second-order valence-electron chi connectivity index (χ2n) is 3.75. The number of hydrogen-bond acceptors (Lipinski definition) is 4. The van der Waals surface area contributed by atoms with Gasteiger partial charge in [-0.15, -0.1) is 0 Å². The summed E-state index contributed by atoms with van der Waals surface area (Å²) in [4.78, 5) is 4.07. The van der Waals surface area contributed by atoms with Crippen molar-refractivity contribution in [2.45, 2.75) is 6.61 Å². The molecule has 0 aliphatic heterocycles. The fourth-order valence-electron chi connectivity index (χ4n) is 1.55. The third-order valence-corrected chi connectivity index (χ3v) is 2.96. The highest BCUT2D eigenvalue weighted by Crippen LogP contribution is 2.20. The van der Waals surface area contributed by atoms with Crippen molar-refractivity contribution in [1.82, 2.24) is 4.98 Å². The lowest BCUT2D eigenvalue weighted by atomic mass is 10.1. The van der Waals surface area contributed by atoms with E-state index in [-0.39, 0.29) is 0 Å². The zero-order valence-corrected chi connectivity index (χ0v) is 11.8. The van der Waals surface area contributed by atoms with Crippen molar-refractivity contribution in [2.75, 3.05) is 7.11 Å². The van der Waals surface area contributed by atoms with Gasteiger partial charge in [-0.1, -0.05) is 6.07 Å². The van der Waals surface area contributed by atoms with Crippen LogP contribution >= 0.6 is 15.9 Å². The van der Waals surface area contributed by atoms with E-state index < -0.39 is 0 Å². The predicted molar refractivity (Wildman–Crippen MR) is 74.0 cm³/mol. The van der Waals surface area contributed by atoms with Crippen LogP contribution in [0.1, 0.15) is 11.1 Å². The smallest absolute Gasteiger partial charge is 0.138 e. The highest BCUT2D eigenvalue weighted by atomic mass is 79.9. The fraction of sp³-hybridized carbons (Fsp3) is 0.143. The van der Waals surface area contributed by atoms with Crippen LogP contribution in [0.25, 0.3) is 0 Å². The van der Waals surface area contributed by atoms with Crippen LogP contribution in [-0.4, -0.2) is 12.1 Å². The molecule has 0 radical (unpaired) electrons. The third kappa shape index (κ3) is 3.46. The molecular weight excluding hydrogens is 308 g/mol. The molecule has 5 heteroatoms. The van der Waals surface area contributed by atoms with E-state index in [4.69, 9.17) is 14.7 Å². The molecule has 0 atom stereocenters. The number of rotatable bonds is 4. The lowest BCUT2D eigenvalue weighted by Gasteiger charge is -2.08. The van der Waals surface area contributed by atoms with E-state index in [0.29, 0.717) is 23.7 Å². The predicted octanol–water partition coefficient (Wildman–Crippen LogP) is 3.30. The summed E-state index contributed by atoms with van der Waals surface area (Å²) in [6.45, 7) is 0.377. The Morgan fingerprint density at radius 1 is 1.32 bits per heavy atom. The maximum atomic E-state index is 9.00. The van der Waals surface area contributed by atoms with Crippen molar-refractivity contribution >= 4 is 15.9 Å². The second-order valence-corrected chi connectivity index (χ2v) is 4.56. The monoisotopic (exact) mass is 318 g/mol. The second kappa shape index (κ2) is 6.21. The van der Waals surface area contributed by atoms with Gasteiger partial charge >= 0.3 is 0 Å². The van der Waals surface area contributed by atoms with Crippen LogP contribution in [0.4, 0.5) is 0 Å². The summed E-state index contributed by atoms with van der Waals surface area (Å²) in [7, 11) is 1.54. The molecule has 0 saturated carbocycles. The Bertz CT molecular complexity index is 606. The summed E-state index contributed by atoms with van der Waals surface area (Å²) in [5.41, 5.74) is 1.40. The van der Waals surface area contributed by atoms with Gasteiger partial charge in [0, 0.05) is 0 Å². The quantitative estimate of drug-likeness (QED) is 0.811. The maximum Gasteiger partial charge on any atom is 0.138 e. The number of benzene rings is 1. The largest absolute Gasteiger partial charge is 0.495 e. The Kier molecular flexibility index (Phi) is 4.37. The van der Waals surface area contributed by atoms with E-state index in [0.717, 1.165) is 10.2 Å². The summed E-state index contributed by atoms with van der Waals surface area (Å²) in [5, 5.41) is 9.00. The summed E-state index contributed by atoms with van der Waals surface area (Å²) in [6, 6.07) is 11.1. The first-order chi connectivity index (χ1) is 9.22. The molecule has 1 aromatic heterocycles. The average molecular weight is 319 g/mol. The molecule has 0 spiro atoms. The van der Waals surface area contributed by atoms with Gasteiger partial charge in [-0.05, 0) is 45.8 Å². The van der Waals surface area contributed by atoms with E-state index in [2.05, 4.69) is 27.0 Å². The molecule has 0 aliphatic carbocycles. The molecule has 19 heavy (non-hydrogen) atoms. The number of halogens is 1. The van der Waals surface area contributed by atoms with Gasteiger partial charge in [-0.3, -0.25) is 0 Å². The number of methoxy groups -OCH3 is 1. The van der Waals surface area contributed by atoms with Gasteiger partial charge in [0.05, 0.1) is 18.9 Å². The molecule has 0 unspecified atom stereocenters. The topological polar surface area (TPSA) is 55.1 Å². The van der Waals surface area contributed by atoms with Gasteiger partial charge in [0.2, 0.25) is 0 Å². The molecule has 2 rings (SSSR count). The molecule has 0 N–H and O–H groups in total. The summed E-state index contributed by atoms with van der Waals surface area (Å²) in [5.74, 6) is 1.24. The number of hydrogen-bond donors (Lipinski definition) is 0. The standard InChI is InChI=1S/C14H11BrN2O2/c1-18-13-4-2-10(6-11(13)7-16)9-19-12-3-5-14(15)17-8-12/h2-6,8H,9H2,1H3. The Morgan fingerprint density at radius 2 is 2.16 bits per heavy atom. The van der Waals surface area contributed by atoms with Gasteiger partial charge in [0.25, 0.3) is 0 Å². The van der Waals surface area contributed by atoms with Gasteiger partial charge < -0.3 is 9.47 Å². The highest BCUT2D eigenvalue weighted by Gasteiger charge is 2.04. The molecule has 4 nitrogen and oxygen atoms in total. The lowest BCUT2D eigenvalue weighted by Crippen LogP contribution is -1.97. The molecule has 0 bridgehead atoms. The van der Waals surface area contributed by atoms with E-state index in [1.54, 1.807) is 25.4 Å². The lowest BCUT2D eigenvalue weighted by molar-refractivity contribution is 0.304. The Hall–Kier alpha value is -2.06. The molecule has 0 fully saturated rings.